The first kappa shape index (κ1) is 11.4. The van der Waals surface area contributed by atoms with Gasteiger partial charge in [0.1, 0.15) is 5.75 Å². The van der Waals surface area contributed by atoms with Crippen LogP contribution in [-0.4, -0.2) is 11.1 Å². The van der Waals surface area contributed by atoms with Gasteiger partial charge in [0.05, 0.1) is 0 Å². The molecule has 1 aromatic carbocycles. The summed E-state index contributed by atoms with van der Waals surface area (Å²) in [7, 11) is -0.408. The molecule has 0 spiro atoms. The van der Waals surface area contributed by atoms with Gasteiger partial charge in [0.15, 0.2) is 0 Å². The average Bonchev–Trinajstić information content (AvgIpc) is 2.18. The van der Waals surface area contributed by atoms with Crippen LogP contribution in [0.5, 0.6) is 5.75 Å². The molecule has 0 fully saturated rings. The van der Waals surface area contributed by atoms with Gasteiger partial charge in [-0.25, -0.2) is 9.36 Å². The SMILES string of the molecule is C/C(=C/C(=O)O)c1ccc(OP=O)cc1. The number of carbonyl (C=O) groups is 1. The molecule has 0 aromatic heterocycles. The van der Waals surface area contributed by atoms with Crippen molar-refractivity contribution in [1.29, 1.82) is 0 Å². The standard InChI is InChI=1S/C10H9O4P/c1-7(6-10(11)12)8-2-4-9(5-3-8)14-15-13/h2-6H,1H3,(H,11,12)/b7-6-. The fourth-order valence-corrected chi connectivity index (χ4v) is 1.30. The van der Waals surface area contributed by atoms with Crippen molar-refractivity contribution in [3.05, 3.63) is 35.9 Å². The summed E-state index contributed by atoms with van der Waals surface area (Å²) in [6.45, 7) is 1.70. The summed E-state index contributed by atoms with van der Waals surface area (Å²) in [5, 5.41) is 8.54. The highest BCUT2D eigenvalue weighted by atomic mass is 31.1. The first-order chi connectivity index (χ1) is 7.13. The quantitative estimate of drug-likeness (QED) is 0.630. The molecule has 0 saturated heterocycles. The minimum Gasteiger partial charge on any atom is -0.478 e. The second kappa shape index (κ2) is 5.27. The van der Waals surface area contributed by atoms with E-state index < -0.39 is 14.7 Å². The lowest BCUT2D eigenvalue weighted by Crippen LogP contribution is -1.89. The van der Waals surface area contributed by atoms with Gasteiger partial charge in [-0.3, -0.25) is 0 Å². The molecule has 0 radical (unpaired) electrons. The van der Waals surface area contributed by atoms with Crippen LogP contribution >= 0.6 is 8.69 Å². The topological polar surface area (TPSA) is 63.6 Å². The van der Waals surface area contributed by atoms with E-state index in [4.69, 9.17) is 9.63 Å². The first-order valence-corrected chi connectivity index (χ1v) is 4.88. The van der Waals surface area contributed by atoms with E-state index >= 15 is 0 Å². The Morgan fingerprint density at radius 1 is 1.40 bits per heavy atom. The number of hydrogen-bond acceptors (Lipinski definition) is 3. The Balaban J connectivity index is 2.88. The van der Waals surface area contributed by atoms with E-state index in [1.165, 1.54) is 0 Å². The van der Waals surface area contributed by atoms with Crippen molar-refractivity contribution in [2.75, 3.05) is 0 Å². The molecule has 1 N–H and O–H groups in total. The minimum atomic E-state index is -0.981. The summed E-state index contributed by atoms with van der Waals surface area (Å²) >= 11 is 0. The fraction of sp³-hybridized carbons (Fsp3) is 0.100. The average molecular weight is 224 g/mol. The van der Waals surface area contributed by atoms with Crippen LogP contribution in [0.4, 0.5) is 0 Å². The van der Waals surface area contributed by atoms with Gasteiger partial charge in [-0.15, -0.1) is 0 Å². The fourth-order valence-electron chi connectivity index (χ4n) is 1.09. The molecule has 0 aliphatic carbocycles. The second-order valence-corrected chi connectivity index (χ2v) is 3.19. The predicted molar refractivity (Wildman–Crippen MR) is 56.0 cm³/mol. The third-order valence-electron chi connectivity index (χ3n) is 1.79. The molecule has 0 bridgehead atoms. The number of carboxylic acids is 1. The van der Waals surface area contributed by atoms with Gasteiger partial charge in [-0.05, 0) is 30.2 Å². The van der Waals surface area contributed by atoms with Crippen LogP contribution in [0, 0.1) is 0 Å². The maximum atomic E-state index is 10.4. The molecular formula is C10H9O4P. The zero-order chi connectivity index (χ0) is 11.3. The van der Waals surface area contributed by atoms with Crippen molar-refractivity contribution in [2.45, 2.75) is 6.92 Å². The molecule has 0 atom stereocenters. The summed E-state index contributed by atoms with van der Waals surface area (Å²) in [6.07, 6.45) is 1.13. The molecule has 4 nitrogen and oxygen atoms in total. The summed E-state index contributed by atoms with van der Waals surface area (Å²) in [6, 6.07) is 6.66. The number of benzene rings is 1. The summed E-state index contributed by atoms with van der Waals surface area (Å²) in [4.78, 5) is 10.4. The van der Waals surface area contributed by atoms with Crippen LogP contribution in [0.25, 0.3) is 5.57 Å². The van der Waals surface area contributed by atoms with Crippen LogP contribution in [0.15, 0.2) is 30.3 Å². The van der Waals surface area contributed by atoms with E-state index in [0.29, 0.717) is 11.3 Å². The Labute approximate surface area is 88.5 Å². The van der Waals surface area contributed by atoms with E-state index in [1.807, 2.05) is 0 Å². The molecule has 15 heavy (non-hydrogen) atoms. The summed E-state index contributed by atoms with van der Waals surface area (Å²) in [5.41, 5.74) is 1.43. The van der Waals surface area contributed by atoms with Crippen LogP contribution in [0.1, 0.15) is 12.5 Å². The lowest BCUT2D eigenvalue weighted by molar-refractivity contribution is -0.131. The number of hydrogen-bond donors (Lipinski definition) is 1. The number of rotatable bonds is 4. The molecule has 0 aliphatic rings. The molecule has 0 saturated carbocycles. The number of carboxylic acid groups (broad SMARTS) is 1. The van der Waals surface area contributed by atoms with Crippen molar-refractivity contribution in [3.8, 4) is 5.75 Å². The Bertz CT molecular complexity index is 394. The molecule has 0 aliphatic heterocycles. The van der Waals surface area contributed by atoms with E-state index in [0.717, 1.165) is 11.6 Å². The third-order valence-corrected chi connectivity index (χ3v) is 2.08. The normalized spacial score (nSPS) is 11.4. The lowest BCUT2D eigenvalue weighted by Gasteiger charge is -2.01. The van der Waals surface area contributed by atoms with Gasteiger partial charge in [-0.1, -0.05) is 12.1 Å². The van der Waals surface area contributed by atoms with Gasteiger partial charge >= 0.3 is 14.7 Å². The highest BCUT2D eigenvalue weighted by Crippen LogP contribution is 2.20. The largest absolute Gasteiger partial charge is 0.478 e. The molecule has 1 rings (SSSR count). The lowest BCUT2D eigenvalue weighted by atomic mass is 10.1. The molecule has 5 heteroatoms. The van der Waals surface area contributed by atoms with Gasteiger partial charge in [-0.2, -0.15) is 0 Å². The molecule has 1 aromatic rings. The van der Waals surface area contributed by atoms with E-state index in [2.05, 4.69) is 0 Å². The highest BCUT2D eigenvalue weighted by molar-refractivity contribution is 7.17. The van der Waals surface area contributed by atoms with Gasteiger partial charge in [0.25, 0.3) is 0 Å². The maximum Gasteiger partial charge on any atom is 0.395 e. The summed E-state index contributed by atoms with van der Waals surface area (Å²) < 4.78 is 14.8. The van der Waals surface area contributed by atoms with Crippen molar-refractivity contribution in [1.82, 2.24) is 0 Å². The third kappa shape index (κ3) is 3.52. The van der Waals surface area contributed by atoms with Crippen molar-refractivity contribution in [2.24, 2.45) is 0 Å². The smallest absolute Gasteiger partial charge is 0.395 e. The zero-order valence-electron chi connectivity index (χ0n) is 8.01. The Morgan fingerprint density at radius 3 is 2.47 bits per heavy atom. The number of aliphatic carboxylic acids is 1. The predicted octanol–water partition coefficient (Wildman–Crippen LogP) is 2.76. The Morgan fingerprint density at radius 2 is 2.00 bits per heavy atom. The van der Waals surface area contributed by atoms with E-state index in [1.54, 1.807) is 31.2 Å². The monoisotopic (exact) mass is 224 g/mol. The van der Waals surface area contributed by atoms with E-state index in [9.17, 15) is 9.36 Å². The van der Waals surface area contributed by atoms with Crippen molar-refractivity contribution in [3.63, 3.8) is 0 Å². The van der Waals surface area contributed by atoms with Crippen LogP contribution in [0.2, 0.25) is 0 Å². The van der Waals surface area contributed by atoms with Crippen molar-refractivity contribution >= 4 is 20.2 Å². The Kier molecular flexibility index (Phi) is 4.01. The van der Waals surface area contributed by atoms with E-state index in [-0.39, 0.29) is 0 Å². The second-order valence-electron chi connectivity index (χ2n) is 2.86. The van der Waals surface area contributed by atoms with Crippen LogP contribution in [-0.2, 0) is 9.36 Å². The van der Waals surface area contributed by atoms with Gasteiger partial charge < -0.3 is 9.63 Å². The molecule has 0 amide bonds. The van der Waals surface area contributed by atoms with Crippen molar-refractivity contribution < 1.29 is 19.0 Å². The number of allylic oxidation sites excluding steroid dienone is 1. The van der Waals surface area contributed by atoms with Crippen LogP contribution < -0.4 is 4.52 Å². The first-order valence-electron chi connectivity index (χ1n) is 4.15. The molecule has 0 unspecified atom stereocenters. The molecule has 78 valence electrons. The minimum absolute atomic E-state index is 0.408. The summed E-state index contributed by atoms with van der Waals surface area (Å²) in [5.74, 6) is -0.510. The zero-order valence-corrected chi connectivity index (χ0v) is 8.90. The van der Waals surface area contributed by atoms with Gasteiger partial charge in [0, 0.05) is 6.08 Å². The maximum absolute atomic E-state index is 10.4. The molecular weight excluding hydrogens is 215 g/mol. The Hall–Kier alpha value is -1.67. The van der Waals surface area contributed by atoms with Gasteiger partial charge in [0.2, 0.25) is 0 Å². The van der Waals surface area contributed by atoms with Crippen LogP contribution in [0.3, 0.4) is 0 Å². The highest BCUT2D eigenvalue weighted by Gasteiger charge is 1.99. The molecule has 0 heterocycles.